The molecule has 2 N–H and O–H groups in total. The first-order valence-electron chi connectivity index (χ1n) is 6.32. The minimum absolute atomic E-state index is 0.469. The maximum atomic E-state index is 5.94. The number of aromatic nitrogens is 2. The Bertz CT molecular complexity index is 611. The fourth-order valence-electron chi connectivity index (χ4n) is 2.02. The van der Waals surface area contributed by atoms with E-state index in [9.17, 15) is 0 Å². The minimum atomic E-state index is 0.469. The lowest BCUT2D eigenvalue weighted by Crippen LogP contribution is -2.07. The molecule has 0 aliphatic carbocycles. The molecule has 20 heavy (non-hydrogen) atoms. The zero-order valence-electron chi connectivity index (χ0n) is 11.5. The van der Waals surface area contributed by atoms with Gasteiger partial charge in [-0.2, -0.15) is 5.10 Å². The maximum absolute atomic E-state index is 5.94. The molecule has 6 heteroatoms. The summed E-state index contributed by atoms with van der Waals surface area (Å²) in [6, 6.07) is 5.98. The largest absolute Gasteiger partial charge is 0.487 e. The monoisotopic (exact) mass is 401 g/mol. The fourth-order valence-corrected chi connectivity index (χ4v) is 2.88. The maximum Gasteiger partial charge on any atom is 0.131 e. The first kappa shape index (κ1) is 15.5. The third kappa shape index (κ3) is 3.42. The SMILES string of the molecule is Cc1nn(C)c(COc2ccc(Br)cc2CCN)c1Br. The fraction of sp³-hybridized carbons (Fsp3) is 0.357. The normalized spacial score (nSPS) is 10.8. The highest BCUT2D eigenvalue weighted by atomic mass is 79.9. The molecule has 108 valence electrons. The number of nitrogens with zero attached hydrogens (tertiary/aromatic N) is 2. The van der Waals surface area contributed by atoms with Gasteiger partial charge in [0.1, 0.15) is 12.4 Å². The summed E-state index contributed by atoms with van der Waals surface area (Å²) in [5.41, 5.74) is 8.73. The predicted molar refractivity (Wildman–Crippen MR) is 86.9 cm³/mol. The van der Waals surface area contributed by atoms with E-state index in [0.29, 0.717) is 13.2 Å². The zero-order valence-corrected chi connectivity index (χ0v) is 14.7. The molecule has 0 amide bonds. The summed E-state index contributed by atoms with van der Waals surface area (Å²) in [6.45, 7) is 3.03. The molecule has 0 unspecified atom stereocenters. The van der Waals surface area contributed by atoms with Gasteiger partial charge in [-0.3, -0.25) is 4.68 Å². The molecule has 1 aromatic heterocycles. The number of hydrogen-bond acceptors (Lipinski definition) is 3. The first-order chi connectivity index (χ1) is 9.52. The number of halogens is 2. The van der Waals surface area contributed by atoms with Gasteiger partial charge in [-0.15, -0.1) is 0 Å². The van der Waals surface area contributed by atoms with Gasteiger partial charge in [0.15, 0.2) is 0 Å². The van der Waals surface area contributed by atoms with Crippen molar-refractivity contribution in [2.45, 2.75) is 20.0 Å². The van der Waals surface area contributed by atoms with Crippen LogP contribution < -0.4 is 10.5 Å². The van der Waals surface area contributed by atoms with Crippen molar-refractivity contribution in [2.75, 3.05) is 6.54 Å². The van der Waals surface area contributed by atoms with E-state index in [1.165, 1.54) is 0 Å². The van der Waals surface area contributed by atoms with E-state index in [0.717, 1.165) is 38.1 Å². The molecule has 0 bridgehead atoms. The second-order valence-corrected chi connectivity index (χ2v) is 6.26. The Hall–Kier alpha value is -0.850. The van der Waals surface area contributed by atoms with Crippen LogP contribution in [0.4, 0.5) is 0 Å². The summed E-state index contributed by atoms with van der Waals surface area (Å²) in [6.07, 6.45) is 0.792. The van der Waals surface area contributed by atoms with Crippen molar-refractivity contribution in [3.63, 3.8) is 0 Å². The van der Waals surface area contributed by atoms with Crippen molar-refractivity contribution >= 4 is 31.9 Å². The van der Waals surface area contributed by atoms with Gasteiger partial charge in [-0.25, -0.2) is 0 Å². The molecule has 0 aliphatic heterocycles. The number of rotatable bonds is 5. The highest BCUT2D eigenvalue weighted by Gasteiger charge is 2.12. The Morgan fingerprint density at radius 1 is 1.35 bits per heavy atom. The van der Waals surface area contributed by atoms with Crippen molar-refractivity contribution in [1.29, 1.82) is 0 Å². The summed E-state index contributed by atoms with van der Waals surface area (Å²) in [5.74, 6) is 0.865. The quantitative estimate of drug-likeness (QED) is 0.834. The van der Waals surface area contributed by atoms with Gasteiger partial charge >= 0.3 is 0 Å². The van der Waals surface area contributed by atoms with Crippen LogP contribution >= 0.6 is 31.9 Å². The number of hydrogen-bond donors (Lipinski definition) is 1. The van der Waals surface area contributed by atoms with E-state index in [4.69, 9.17) is 10.5 Å². The first-order valence-corrected chi connectivity index (χ1v) is 7.90. The van der Waals surface area contributed by atoms with E-state index < -0.39 is 0 Å². The molecule has 2 rings (SSSR count). The van der Waals surface area contributed by atoms with Gasteiger partial charge in [0.2, 0.25) is 0 Å². The van der Waals surface area contributed by atoms with E-state index in [-0.39, 0.29) is 0 Å². The van der Waals surface area contributed by atoms with Crippen LogP contribution in [-0.2, 0) is 20.1 Å². The average molecular weight is 403 g/mol. The zero-order chi connectivity index (χ0) is 14.7. The molecule has 1 aromatic carbocycles. The topological polar surface area (TPSA) is 53.1 Å². The molecule has 0 saturated carbocycles. The van der Waals surface area contributed by atoms with Crippen LogP contribution in [0.15, 0.2) is 27.1 Å². The Labute approximate surface area is 135 Å². The molecule has 0 atom stereocenters. The second kappa shape index (κ2) is 6.74. The van der Waals surface area contributed by atoms with Gasteiger partial charge in [0.25, 0.3) is 0 Å². The van der Waals surface area contributed by atoms with Crippen molar-refractivity contribution in [3.05, 3.63) is 44.1 Å². The van der Waals surface area contributed by atoms with Crippen molar-refractivity contribution in [2.24, 2.45) is 12.8 Å². The van der Waals surface area contributed by atoms with Crippen LogP contribution in [0.5, 0.6) is 5.75 Å². The number of nitrogens with two attached hydrogens (primary N) is 1. The molecule has 1 heterocycles. The van der Waals surface area contributed by atoms with E-state index in [1.54, 1.807) is 0 Å². The van der Waals surface area contributed by atoms with Gasteiger partial charge in [-0.1, -0.05) is 15.9 Å². The molecule has 0 spiro atoms. The van der Waals surface area contributed by atoms with Gasteiger partial charge in [-0.05, 0) is 59.6 Å². The van der Waals surface area contributed by atoms with E-state index in [2.05, 4.69) is 37.0 Å². The van der Waals surface area contributed by atoms with Crippen LogP contribution in [0, 0.1) is 6.92 Å². The predicted octanol–water partition coefficient (Wildman–Crippen LogP) is 3.33. The molecule has 0 fully saturated rings. The van der Waals surface area contributed by atoms with Crippen LogP contribution in [0.2, 0.25) is 0 Å². The van der Waals surface area contributed by atoms with Crippen molar-refractivity contribution < 1.29 is 4.74 Å². The van der Waals surface area contributed by atoms with Gasteiger partial charge in [0, 0.05) is 11.5 Å². The number of aryl methyl sites for hydroxylation is 2. The highest BCUT2D eigenvalue weighted by molar-refractivity contribution is 9.10. The lowest BCUT2D eigenvalue weighted by atomic mass is 10.1. The summed E-state index contributed by atoms with van der Waals surface area (Å²) in [7, 11) is 1.92. The standard InChI is InChI=1S/C14H17Br2N3O/c1-9-14(16)12(19(2)18-9)8-20-13-4-3-11(15)7-10(13)5-6-17/h3-4,7H,5-6,8,17H2,1-2H3. The third-order valence-electron chi connectivity index (χ3n) is 3.06. The number of ether oxygens (including phenoxy) is 1. The Balaban J connectivity index is 2.18. The number of benzene rings is 1. The molecular formula is C14H17Br2N3O. The average Bonchev–Trinajstić information content (AvgIpc) is 2.64. The lowest BCUT2D eigenvalue weighted by Gasteiger charge is -2.12. The third-order valence-corrected chi connectivity index (χ3v) is 4.59. The lowest BCUT2D eigenvalue weighted by molar-refractivity contribution is 0.291. The minimum Gasteiger partial charge on any atom is -0.487 e. The molecule has 2 aromatic rings. The smallest absolute Gasteiger partial charge is 0.131 e. The van der Waals surface area contributed by atoms with Crippen LogP contribution in [-0.4, -0.2) is 16.3 Å². The Kier molecular flexibility index (Phi) is 5.23. The van der Waals surface area contributed by atoms with Crippen LogP contribution in [0.3, 0.4) is 0 Å². The molecular weight excluding hydrogens is 386 g/mol. The van der Waals surface area contributed by atoms with Gasteiger partial charge in [0.05, 0.1) is 15.9 Å². The second-order valence-electron chi connectivity index (χ2n) is 4.55. The van der Waals surface area contributed by atoms with Crippen LogP contribution in [0.1, 0.15) is 17.0 Å². The Morgan fingerprint density at radius 3 is 2.70 bits per heavy atom. The summed E-state index contributed by atoms with van der Waals surface area (Å²) in [4.78, 5) is 0. The van der Waals surface area contributed by atoms with Crippen LogP contribution in [0.25, 0.3) is 0 Å². The van der Waals surface area contributed by atoms with E-state index >= 15 is 0 Å². The summed E-state index contributed by atoms with van der Waals surface area (Å²) >= 11 is 7.02. The summed E-state index contributed by atoms with van der Waals surface area (Å²) in [5, 5.41) is 4.36. The highest BCUT2D eigenvalue weighted by Crippen LogP contribution is 2.26. The summed E-state index contributed by atoms with van der Waals surface area (Å²) < 4.78 is 9.80. The van der Waals surface area contributed by atoms with E-state index in [1.807, 2.05) is 36.9 Å². The molecule has 4 nitrogen and oxygen atoms in total. The van der Waals surface area contributed by atoms with Crippen molar-refractivity contribution in [1.82, 2.24) is 9.78 Å². The molecule has 0 saturated heterocycles. The van der Waals surface area contributed by atoms with Crippen molar-refractivity contribution in [3.8, 4) is 5.75 Å². The van der Waals surface area contributed by atoms with Gasteiger partial charge < -0.3 is 10.5 Å². The molecule has 0 radical (unpaired) electrons. The molecule has 0 aliphatic rings. The Morgan fingerprint density at radius 2 is 2.10 bits per heavy atom.